The molecule has 5 rings (SSSR count). The Morgan fingerprint density at radius 2 is 1.87 bits per heavy atom. The zero-order valence-electron chi connectivity index (χ0n) is 16.9. The molecule has 0 N–H and O–H groups in total. The number of imidazole rings is 1. The van der Waals surface area contributed by atoms with Gasteiger partial charge in [-0.3, -0.25) is 9.69 Å². The number of thioether (sulfide) groups is 2. The average molecular weight is 438 g/mol. The highest BCUT2D eigenvalue weighted by atomic mass is 32.2. The third kappa shape index (κ3) is 2.96. The predicted octanol–water partition coefficient (Wildman–Crippen LogP) is 4.19. The SMILES string of the molecule is COc1ccc2c(c1)N(C)/C(=C1\SC(=Nc3ccc4c(c3)ncn4C)N(C)C1=O)S2. The van der Waals surface area contributed by atoms with Crippen molar-refractivity contribution >= 4 is 57.0 Å². The maximum Gasteiger partial charge on any atom is 0.269 e. The predicted molar refractivity (Wildman–Crippen MR) is 122 cm³/mol. The standard InChI is InChI=1S/C21H19N5O2S2/c1-24-11-22-14-9-12(5-7-15(14)24)23-21-26(3)19(27)18(30-21)20-25(2)16-10-13(28-4)6-8-17(16)29-20/h5-11H,1-4H3/b20-18+,23-21?. The fourth-order valence-corrected chi connectivity index (χ4v) is 5.75. The van der Waals surface area contributed by atoms with E-state index in [4.69, 9.17) is 9.73 Å². The number of amides is 1. The number of anilines is 1. The van der Waals surface area contributed by atoms with Crippen molar-refractivity contribution < 1.29 is 9.53 Å². The molecule has 1 fully saturated rings. The number of ether oxygens (including phenoxy) is 1. The molecular weight excluding hydrogens is 418 g/mol. The lowest BCUT2D eigenvalue weighted by atomic mass is 10.3. The van der Waals surface area contributed by atoms with Crippen LogP contribution < -0.4 is 9.64 Å². The van der Waals surface area contributed by atoms with Gasteiger partial charge >= 0.3 is 0 Å². The van der Waals surface area contributed by atoms with Crippen molar-refractivity contribution in [2.24, 2.45) is 12.0 Å². The molecule has 0 aliphatic carbocycles. The third-order valence-electron chi connectivity index (χ3n) is 5.15. The first-order valence-electron chi connectivity index (χ1n) is 9.26. The molecule has 3 aromatic rings. The fraction of sp³-hybridized carbons (Fsp3) is 0.190. The van der Waals surface area contributed by atoms with Gasteiger partial charge in [0.25, 0.3) is 5.91 Å². The smallest absolute Gasteiger partial charge is 0.269 e. The first-order valence-corrected chi connectivity index (χ1v) is 10.9. The molecule has 152 valence electrons. The first-order chi connectivity index (χ1) is 14.5. The van der Waals surface area contributed by atoms with Crippen LogP contribution in [0.4, 0.5) is 11.4 Å². The molecule has 2 aromatic carbocycles. The number of hydrogen-bond donors (Lipinski definition) is 0. The Balaban J connectivity index is 1.50. The maximum atomic E-state index is 13.0. The van der Waals surface area contributed by atoms with Crippen molar-refractivity contribution in [2.75, 3.05) is 26.1 Å². The Kier molecular flexibility index (Phi) is 4.52. The van der Waals surface area contributed by atoms with Gasteiger partial charge in [0.05, 0.1) is 40.9 Å². The Bertz CT molecular complexity index is 1260. The van der Waals surface area contributed by atoms with Gasteiger partial charge in [0, 0.05) is 32.1 Å². The highest BCUT2D eigenvalue weighted by Crippen LogP contribution is 2.50. The van der Waals surface area contributed by atoms with Crippen LogP contribution in [0.25, 0.3) is 11.0 Å². The minimum Gasteiger partial charge on any atom is -0.497 e. The van der Waals surface area contributed by atoms with Gasteiger partial charge in [-0.2, -0.15) is 0 Å². The van der Waals surface area contributed by atoms with E-state index in [9.17, 15) is 4.79 Å². The van der Waals surface area contributed by atoms with E-state index in [0.717, 1.165) is 38.1 Å². The van der Waals surface area contributed by atoms with Crippen molar-refractivity contribution in [3.05, 3.63) is 52.7 Å². The van der Waals surface area contributed by atoms with Crippen LogP contribution in [0.15, 0.2) is 62.5 Å². The van der Waals surface area contributed by atoms with E-state index in [2.05, 4.69) is 4.98 Å². The molecule has 9 heteroatoms. The summed E-state index contributed by atoms with van der Waals surface area (Å²) >= 11 is 2.99. The fourth-order valence-electron chi connectivity index (χ4n) is 3.43. The van der Waals surface area contributed by atoms with Crippen LogP contribution in [0.1, 0.15) is 0 Å². The largest absolute Gasteiger partial charge is 0.497 e. The van der Waals surface area contributed by atoms with E-state index in [-0.39, 0.29) is 5.91 Å². The minimum absolute atomic E-state index is 0.0493. The van der Waals surface area contributed by atoms with E-state index in [1.54, 1.807) is 37.1 Å². The van der Waals surface area contributed by atoms with Crippen molar-refractivity contribution in [3.63, 3.8) is 0 Å². The molecule has 0 saturated carbocycles. The zero-order chi connectivity index (χ0) is 21.0. The average Bonchev–Trinajstić information content (AvgIpc) is 3.37. The van der Waals surface area contributed by atoms with Gasteiger partial charge in [0.2, 0.25) is 0 Å². The quantitative estimate of drug-likeness (QED) is 0.561. The molecule has 7 nitrogen and oxygen atoms in total. The summed E-state index contributed by atoms with van der Waals surface area (Å²) in [7, 11) is 7.34. The maximum absolute atomic E-state index is 13.0. The Morgan fingerprint density at radius 1 is 1.03 bits per heavy atom. The number of hydrogen-bond acceptors (Lipinski definition) is 7. The van der Waals surface area contributed by atoms with Gasteiger partial charge in [-0.25, -0.2) is 9.98 Å². The van der Waals surface area contributed by atoms with Gasteiger partial charge in [-0.15, -0.1) is 0 Å². The third-order valence-corrected chi connectivity index (χ3v) is 7.63. The summed E-state index contributed by atoms with van der Waals surface area (Å²) in [6.07, 6.45) is 1.78. The van der Waals surface area contributed by atoms with Crippen LogP contribution in [0, 0.1) is 0 Å². The summed E-state index contributed by atoms with van der Waals surface area (Å²) in [4.78, 5) is 27.6. The summed E-state index contributed by atoms with van der Waals surface area (Å²) in [5, 5.41) is 1.56. The number of aryl methyl sites for hydroxylation is 1. The number of aliphatic imine (C=N–C) groups is 1. The lowest BCUT2D eigenvalue weighted by Gasteiger charge is -2.15. The molecule has 2 aliphatic rings. The monoisotopic (exact) mass is 437 g/mol. The molecule has 0 unspecified atom stereocenters. The number of carbonyl (C=O) groups excluding carboxylic acids is 1. The second kappa shape index (κ2) is 7.10. The molecule has 0 spiro atoms. The normalized spacial score (nSPS) is 20.0. The molecule has 1 saturated heterocycles. The number of aromatic nitrogens is 2. The summed E-state index contributed by atoms with van der Waals surface area (Å²) < 4.78 is 7.31. The summed E-state index contributed by atoms with van der Waals surface area (Å²) in [5.74, 6) is 0.744. The molecule has 1 aromatic heterocycles. The van der Waals surface area contributed by atoms with Crippen LogP contribution in [-0.4, -0.2) is 46.7 Å². The highest BCUT2D eigenvalue weighted by Gasteiger charge is 2.37. The number of fused-ring (bicyclic) bond motifs is 2. The first kappa shape index (κ1) is 19.1. The summed E-state index contributed by atoms with van der Waals surface area (Å²) in [5.41, 5.74) is 3.73. The molecular formula is C21H19N5O2S2. The van der Waals surface area contributed by atoms with Gasteiger partial charge in [-0.1, -0.05) is 11.8 Å². The zero-order valence-corrected chi connectivity index (χ0v) is 18.5. The number of nitrogens with zero attached hydrogens (tertiary/aromatic N) is 5. The summed E-state index contributed by atoms with van der Waals surface area (Å²) in [6, 6.07) is 11.8. The van der Waals surface area contributed by atoms with Crippen molar-refractivity contribution in [1.82, 2.24) is 14.5 Å². The number of amidine groups is 1. The molecule has 0 atom stereocenters. The molecule has 1 amide bonds. The number of carbonyl (C=O) groups is 1. The van der Waals surface area contributed by atoms with Crippen LogP contribution in [-0.2, 0) is 11.8 Å². The number of methoxy groups -OCH3 is 1. The lowest BCUT2D eigenvalue weighted by Crippen LogP contribution is -2.24. The van der Waals surface area contributed by atoms with Crippen LogP contribution in [0.5, 0.6) is 5.75 Å². The number of likely N-dealkylation sites (N-methyl/N-ethyl adjacent to an activating group) is 1. The van der Waals surface area contributed by atoms with E-state index in [1.165, 1.54) is 11.8 Å². The topological polar surface area (TPSA) is 63.0 Å². The van der Waals surface area contributed by atoms with Crippen molar-refractivity contribution in [3.8, 4) is 5.75 Å². The van der Waals surface area contributed by atoms with Crippen LogP contribution in [0.3, 0.4) is 0 Å². The summed E-state index contributed by atoms with van der Waals surface area (Å²) in [6.45, 7) is 0. The molecule has 0 radical (unpaired) electrons. The van der Waals surface area contributed by atoms with E-state index < -0.39 is 0 Å². The second-order valence-corrected chi connectivity index (χ2v) is 9.03. The van der Waals surface area contributed by atoms with Crippen molar-refractivity contribution in [1.29, 1.82) is 0 Å². The van der Waals surface area contributed by atoms with Gasteiger partial charge in [-0.05, 0) is 42.1 Å². The number of rotatable bonds is 2. The van der Waals surface area contributed by atoms with Gasteiger partial charge < -0.3 is 14.2 Å². The van der Waals surface area contributed by atoms with E-state index in [0.29, 0.717) is 10.1 Å². The van der Waals surface area contributed by atoms with Crippen molar-refractivity contribution in [2.45, 2.75) is 4.90 Å². The molecule has 30 heavy (non-hydrogen) atoms. The van der Waals surface area contributed by atoms with Crippen LogP contribution >= 0.6 is 23.5 Å². The number of benzene rings is 2. The van der Waals surface area contributed by atoms with E-state index in [1.807, 2.05) is 60.0 Å². The highest BCUT2D eigenvalue weighted by molar-refractivity contribution is 8.19. The van der Waals surface area contributed by atoms with Gasteiger partial charge in [0.15, 0.2) is 5.17 Å². The second-order valence-electron chi connectivity index (χ2n) is 7.02. The molecule has 3 heterocycles. The molecule has 0 bridgehead atoms. The lowest BCUT2D eigenvalue weighted by molar-refractivity contribution is -0.121. The van der Waals surface area contributed by atoms with Gasteiger partial charge in [0.1, 0.15) is 10.7 Å². The molecule has 2 aliphatic heterocycles. The Morgan fingerprint density at radius 3 is 2.67 bits per heavy atom. The van der Waals surface area contributed by atoms with E-state index >= 15 is 0 Å². The Labute approximate surface area is 182 Å². The van der Waals surface area contributed by atoms with Crippen LogP contribution in [0.2, 0.25) is 0 Å². The Hall–Kier alpha value is -2.91. The minimum atomic E-state index is -0.0493.